The molecule has 2 saturated heterocycles. The van der Waals surface area contributed by atoms with Crippen molar-refractivity contribution in [3.05, 3.63) is 47.7 Å². The van der Waals surface area contributed by atoms with Gasteiger partial charge in [-0.1, -0.05) is 96.6 Å². The fourth-order valence-electron chi connectivity index (χ4n) is 7.25. The molecule has 3 fully saturated rings. The molecule has 0 aromatic heterocycles. The van der Waals surface area contributed by atoms with Crippen molar-refractivity contribution in [3.63, 3.8) is 0 Å². The van der Waals surface area contributed by atoms with E-state index in [1.807, 2.05) is 0 Å². The van der Waals surface area contributed by atoms with Crippen molar-refractivity contribution in [2.75, 3.05) is 0 Å². The lowest BCUT2D eigenvalue weighted by Crippen LogP contribution is -2.62. The number of allylic oxidation sites excluding steroid dienone is 1. The molecule has 0 N–H and O–H groups in total. The molecular formula is C29H46BN. The number of aryl methyl sites for hydroxylation is 1. The minimum absolute atomic E-state index is 0.0269. The van der Waals surface area contributed by atoms with E-state index in [9.17, 15) is 0 Å². The van der Waals surface area contributed by atoms with Gasteiger partial charge in [0.15, 0.2) is 0 Å². The molecule has 1 aromatic carbocycles. The molecule has 0 amide bonds. The number of hydrogen-bond acceptors (Lipinski definition) is 1. The SMILES string of the molecule is [B]C1CC2(CC)CC(CC)(C2)N(C(=C)C(C)(C)CC(C)(C)Cc2ccc(C)cc2)[C@H]1C. The van der Waals surface area contributed by atoms with Gasteiger partial charge >= 0.3 is 0 Å². The van der Waals surface area contributed by atoms with Gasteiger partial charge in [-0.05, 0) is 62.3 Å². The molecule has 1 nitrogen and oxygen atoms in total. The van der Waals surface area contributed by atoms with Crippen molar-refractivity contribution in [1.29, 1.82) is 0 Å². The smallest absolute Gasteiger partial charge is 0.0727 e. The lowest BCUT2D eigenvalue weighted by Gasteiger charge is -2.62. The Morgan fingerprint density at radius 2 is 1.68 bits per heavy atom. The zero-order valence-corrected chi connectivity index (χ0v) is 21.6. The molecule has 2 bridgehead atoms. The Kier molecular flexibility index (Phi) is 6.56. The van der Waals surface area contributed by atoms with Gasteiger partial charge in [-0.25, -0.2) is 0 Å². The monoisotopic (exact) mass is 419 g/mol. The first-order valence-corrected chi connectivity index (χ1v) is 12.6. The third-order valence-corrected chi connectivity index (χ3v) is 8.82. The molecule has 1 aliphatic carbocycles. The molecule has 2 heteroatoms. The Hall–Kier alpha value is -1.18. The standard InChI is InChI=1S/C29H46BN/c1-10-28-17-25(30)22(4)31(29(11-2,19-28)20-28)23(5)27(8,9)18-26(6,7)16-24-14-12-21(3)13-15-24/h12-15,22,25H,5,10-11,16-20H2,1-4,6-9H3/t22-,25?,28?,29?/m0/s1. The highest BCUT2D eigenvalue weighted by atomic mass is 15.3. The number of fused-ring (bicyclic) bond motifs is 3. The lowest BCUT2D eigenvalue weighted by molar-refractivity contribution is -0.0737. The zero-order valence-electron chi connectivity index (χ0n) is 21.6. The van der Waals surface area contributed by atoms with Crippen LogP contribution in [0.5, 0.6) is 0 Å². The van der Waals surface area contributed by atoms with Gasteiger partial charge in [-0.2, -0.15) is 0 Å². The van der Waals surface area contributed by atoms with E-state index in [1.54, 1.807) is 0 Å². The first kappa shape index (κ1) is 24.5. The van der Waals surface area contributed by atoms with Crippen LogP contribution in [0.4, 0.5) is 0 Å². The van der Waals surface area contributed by atoms with Gasteiger partial charge in [0.2, 0.25) is 0 Å². The summed E-state index contributed by atoms with van der Waals surface area (Å²) < 4.78 is 0. The highest BCUT2D eigenvalue weighted by Gasteiger charge is 2.60. The second-order valence-corrected chi connectivity index (χ2v) is 12.6. The molecule has 31 heavy (non-hydrogen) atoms. The van der Waals surface area contributed by atoms with Crippen molar-refractivity contribution >= 4 is 7.85 Å². The van der Waals surface area contributed by atoms with Crippen LogP contribution in [0.1, 0.15) is 98.1 Å². The highest BCUT2D eigenvalue weighted by Crippen LogP contribution is 2.64. The van der Waals surface area contributed by atoms with Crippen LogP contribution in [0, 0.1) is 23.2 Å². The Labute approximate surface area is 194 Å². The predicted octanol–water partition coefficient (Wildman–Crippen LogP) is 7.88. The van der Waals surface area contributed by atoms with Crippen LogP contribution < -0.4 is 0 Å². The third-order valence-electron chi connectivity index (χ3n) is 8.82. The van der Waals surface area contributed by atoms with Crippen molar-refractivity contribution < 1.29 is 0 Å². The van der Waals surface area contributed by atoms with E-state index in [1.165, 1.54) is 42.5 Å². The zero-order chi connectivity index (χ0) is 23.2. The number of hydrogen-bond donors (Lipinski definition) is 0. The largest absolute Gasteiger partial charge is 0.367 e. The maximum absolute atomic E-state index is 6.80. The van der Waals surface area contributed by atoms with Gasteiger partial charge in [-0.3, -0.25) is 0 Å². The quantitative estimate of drug-likeness (QED) is 0.387. The summed E-state index contributed by atoms with van der Waals surface area (Å²) in [6.45, 7) is 23.7. The molecule has 4 rings (SSSR count). The lowest BCUT2D eigenvalue weighted by atomic mass is 9.52. The second kappa shape index (κ2) is 8.31. The van der Waals surface area contributed by atoms with Crippen LogP contribution in [0.3, 0.4) is 0 Å². The molecule has 1 unspecified atom stereocenters. The predicted molar refractivity (Wildman–Crippen MR) is 137 cm³/mol. The Morgan fingerprint density at radius 1 is 1.10 bits per heavy atom. The van der Waals surface area contributed by atoms with Crippen LogP contribution in [0.25, 0.3) is 0 Å². The van der Waals surface area contributed by atoms with Gasteiger partial charge in [-0.15, -0.1) is 0 Å². The van der Waals surface area contributed by atoms with Crippen molar-refractivity contribution in [1.82, 2.24) is 4.90 Å². The van der Waals surface area contributed by atoms with Gasteiger partial charge in [0.05, 0.1) is 7.85 Å². The summed E-state index contributed by atoms with van der Waals surface area (Å²) >= 11 is 0. The summed E-state index contributed by atoms with van der Waals surface area (Å²) in [7, 11) is 6.80. The van der Waals surface area contributed by atoms with Crippen LogP contribution in [0.2, 0.25) is 5.82 Å². The fraction of sp³-hybridized carbons (Fsp3) is 0.724. The highest BCUT2D eigenvalue weighted by molar-refractivity contribution is 6.12. The van der Waals surface area contributed by atoms with E-state index in [4.69, 9.17) is 14.4 Å². The maximum atomic E-state index is 6.80. The third kappa shape index (κ3) is 4.64. The average molecular weight is 420 g/mol. The first-order valence-electron chi connectivity index (χ1n) is 12.6. The number of nitrogens with zero attached hydrogens (tertiary/aromatic N) is 1. The van der Waals surface area contributed by atoms with Gasteiger partial charge < -0.3 is 4.90 Å². The molecular weight excluding hydrogens is 373 g/mol. The summed E-state index contributed by atoms with van der Waals surface area (Å²) in [6, 6.07) is 9.40. The number of rotatable bonds is 8. The Morgan fingerprint density at radius 3 is 2.19 bits per heavy atom. The van der Waals surface area contributed by atoms with Crippen LogP contribution >= 0.6 is 0 Å². The second-order valence-electron chi connectivity index (χ2n) is 12.6. The van der Waals surface area contributed by atoms with E-state index < -0.39 is 0 Å². The van der Waals surface area contributed by atoms with Crippen molar-refractivity contribution in [2.24, 2.45) is 16.2 Å². The summed E-state index contributed by atoms with van der Waals surface area (Å²) in [5.74, 6) is 0.226. The first-order chi connectivity index (χ1) is 14.3. The van der Waals surface area contributed by atoms with E-state index in [0.717, 1.165) is 19.3 Å². The molecule has 2 atom stereocenters. The van der Waals surface area contributed by atoms with Gasteiger partial charge in [0.1, 0.15) is 0 Å². The van der Waals surface area contributed by atoms with Gasteiger partial charge in [0, 0.05) is 22.7 Å². The normalized spacial score (nSPS) is 31.2. The average Bonchev–Trinajstić information content (AvgIpc) is 2.80. The van der Waals surface area contributed by atoms with E-state index in [-0.39, 0.29) is 22.2 Å². The van der Waals surface area contributed by atoms with Crippen LogP contribution in [0.15, 0.2) is 36.5 Å². The summed E-state index contributed by atoms with van der Waals surface area (Å²) in [5.41, 5.74) is 4.99. The Balaban J connectivity index is 1.82. The van der Waals surface area contributed by atoms with E-state index in [2.05, 4.69) is 84.6 Å². The Bertz CT molecular complexity index is 781. The molecule has 1 aromatic rings. The van der Waals surface area contributed by atoms with Gasteiger partial charge in [0.25, 0.3) is 0 Å². The fourth-order valence-corrected chi connectivity index (χ4v) is 7.25. The van der Waals surface area contributed by atoms with Crippen molar-refractivity contribution in [2.45, 2.75) is 118 Å². The molecule has 3 aliphatic rings. The number of benzene rings is 1. The minimum atomic E-state index is 0.0269. The van der Waals surface area contributed by atoms with E-state index in [0.29, 0.717) is 11.5 Å². The van der Waals surface area contributed by atoms with Crippen LogP contribution in [-0.2, 0) is 6.42 Å². The summed E-state index contributed by atoms with van der Waals surface area (Å²) in [6.07, 6.45) is 8.38. The minimum Gasteiger partial charge on any atom is -0.367 e. The topological polar surface area (TPSA) is 3.24 Å². The molecule has 0 spiro atoms. The molecule has 1 saturated carbocycles. The van der Waals surface area contributed by atoms with E-state index >= 15 is 0 Å². The molecule has 170 valence electrons. The maximum Gasteiger partial charge on any atom is 0.0727 e. The summed E-state index contributed by atoms with van der Waals surface area (Å²) in [5, 5.41) is 0. The van der Waals surface area contributed by atoms with Crippen molar-refractivity contribution in [3.8, 4) is 0 Å². The summed E-state index contributed by atoms with van der Waals surface area (Å²) in [4.78, 5) is 2.71. The van der Waals surface area contributed by atoms with Crippen LogP contribution in [-0.4, -0.2) is 24.3 Å². The molecule has 2 radical (unpaired) electrons. The molecule has 2 aliphatic heterocycles. The molecule has 2 heterocycles.